The summed E-state index contributed by atoms with van der Waals surface area (Å²) >= 11 is 0. The number of amides is 1. The number of anilines is 1. The number of esters is 1. The number of nitrogens with one attached hydrogen (secondary N) is 1. The molecule has 0 radical (unpaired) electrons. The van der Waals surface area contributed by atoms with E-state index in [0.29, 0.717) is 0 Å². The number of nitrogens with zero attached hydrogens (tertiary/aromatic N) is 1. The van der Waals surface area contributed by atoms with Crippen LogP contribution in [0, 0.1) is 10.1 Å². The molecular formula is C18H17N3O6. The van der Waals surface area contributed by atoms with E-state index < -0.39 is 28.7 Å². The molecule has 9 nitrogen and oxygen atoms in total. The van der Waals surface area contributed by atoms with Crippen molar-refractivity contribution < 1.29 is 24.0 Å². The van der Waals surface area contributed by atoms with Crippen molar-refractivity contribution >= 4 is 29.0 Å². The molecule has 0 aromatic heterocycles. The topological polar surface area (TPSA) is 142 Å². The van der Waals surface area contributed by atoms with Gasteiger partial charge < -0.3 is 15.8 Å². The standard InChI is InChI=1S/C18H17N3O6/c1-10(17(19)23)27-18(24)13-6-4-3-5-12(13)16(22)11-7-8-14(20-2)15(9-11)21(25)26/h3-10,20H,1-2H3,(H2,19,23)/t10-/m0/s1. The summed E-state index contributed by atoms with van der Waals surface area (Å²) in [6.45, 7) is 1.31. The van der Waals surface area contributed by atoms with E-state index in [2.05, 4.69) is 5.32 Å². The lowest BCUT2D eigenvalue weighted by molar-refractivity contribution is -0.384. The highest BCUT2D eigenvalue weighted by molar-refractivity contribution is 6.15. The van der Waals surface area contributed by atoms with E-state index in [1.807, 2.05) is 0 Å². The van der Waals surface area contributed by atoms with Crippen molar-refractivity contribution in [3.05, 3.63) is 69.3 Å². The zero-order valence-corrected chi connectivity index (χ0v) is 14.6. The molecule has 1 atom stereocenters. The Kier molecular flexibility index (Phi) is 5.86. The molecule has 0 bridgehead atoms. The van der Waals surface area contributed by atoms with Crippen LogP contribution in [0.2, 0.25) is 0 Å². The average Bonchev–Trinajstić information content (AvgIpc) is 2.66. The Bertz CT molecular complexity index is 925. The van der Waals surface area contributed by atoms with Crippen LogP contribution in [-0.2, 0) is 9.53 Å². The lowest BCUT2D eigenvalue weighted by Crippen LogP contribution is -2.30. The van der Waals surface area contributed by atoms with Gasteiger partial charge in [-0.3, -0.25) is 19.7 Å². The summed E-state index contributed by atoms with van der Waals surface area (Å²) in [6, 6.07) is 9.76. The maximum Gasteiger partial charge on any atom is 0.339 e. The molecule has 9 heteroatoms. The summed E-state index contributed by atoms with van der Waals surface area (Å²) in [6.07, 6.45) is -1.17. The summed E-state index contributed by atoms with van der Waals surface area (Å²) in [5, 5.41) is 13.9. The number of nitrogens with two attached hydrogens (primary N) is 1. The maximum absolute atomic E-state index is 12.8. The number of nitro groups is 1. The summed E-state index contributed by atoms with van der Waals surface area (Å²) in [5.74, 6) is -2.32. The van der Waals surface area contributed by atoms with E-state index >= 15 is 0 Å². The van der Waals surface area contributed by atoms with Crippen molar-refractivity contribution in [2.45, 2.75) is 13.0 Å². The van der Waals surface area contributed by atoms with E-state index in [-0.39, 0.29) is 28.1 Å². The number of rotatable bonds is 7. The van der Waals surface area contributed by atoms with Gasteiger partial charge in [-0.1, -0.05) is 18.2 Å². The van der Waals surface area contributed by atoms with E-state index in [1.54, 1.807) is 0 Å². The Morgan fingerprint density at radius 1 is 1.15 bits per heavy atom. The summed E-state index contributed by atoms with van der Waals surface area (Å²) < 4.78 is 4.94. The first-order valence-corrected chi connectivity index (χ1v) is 7.86. The molecule has 27 heavy (non-hydrogen) atoms. The number of hydrogen-bond donors (Lipinski definition) is 2. The minimum atomic E-state index is -1.17. The minimum absolute atomic E-state index is 0.00863. The van der Waals surface area contributed by atoms with Crippen molar-refractivity contribution in [3.8, 4) is 0 Å². The summed E-state index contributed by atoms with van der Waals surface area (Å²) in [7, 11) is 1.52. The Morgan fingerprint density at radius 3 is 2.33 bits per heavy atom. The molecule has 3 N–H and O–H groups in total. The first-order valence-electron chi connectivity index (χ1n) is 7.86. The van der Waals surface area contributed by atoms with Gasteiger partial charge in [-0.2, -0.15) is 0 Å². The highest BCUT2D eigenvalue weighted by Gasteiger charge is 2.24. The Hall–Kier alpha value is -3.75. The van der Waals surface area contributed by atoms with Gasteiger partial charge in [0.2, 0.25) is 0 Å². The second-order valence-electron chi connectivity index (χ2n) is 5.56. The molecular weight excluding hydrogens is 354 g/mol. The third-order valence-corrected chi connectivity index (χ3v) is 3.80. The number of carbonyl (C=O) groups excluding carboxylic acids is 3. The predicted octanol–water partition coefficient (Wildman–Crippen LogP) is 1.90. The fourth-order valence-corrected chi connectivity index (χ4v) is 2.33. The van der Waals surface area contributed by atoms with Crippen LogP contribution in [0.1, 0.15) is 33.2 Å². The molecule has 0 aliphatic rings. The molecule has 0 aliphatic heterocycles. The maximum atomic E-state index is 12.8. The van der Waals surface area contributed by atoms with Gasteiger partial charge >= 0.3 is 5.97 Å². The van der Waals surface area contributed by atoms with Crippen LogP contribution in [0.3, 0.4) is 0 Å². The van der Waals surface area contributed by atoms with Gasteiger partial charge in [0.15, 0.2) is 11.9 Å². The van der Waals surface area contributed by atoms with Crippen molar-refractivity contribution in [2.75, 3.05) is 12.4 Å². The number of benzene rings is 2. The third-order valence-electron chi connectivity index (χ3n) is 3.80. The van der Waals surface area contributed by atoms with Crippen LogP contribution in [0.4, 0.5) is 11.4 Å². The molecule has 0 saturated carbocycles. The Balaban J connectivity index is 2.43. The minimum Gasteiger partial charge on any atom is -0.449 e. The molecule has 0 aliphatic carbocycles. The quantitative estimate of drug-likeness (QED) is 0.327. The van der Waals surface area contributed by atoms with Gasteiger partial charge in [-0.25, -0.2) is 4.79 Å². The fraction of sp³-hybridized carbons (Fsp3) is 0.167. The first-order chi connectivity index (χ1) is 12.8. The number of carbonyl (C=O) groups is 3. The number of ketones is 1. The smallest absolute Gasteiger partial charge is 0.339 e. The molecule has 1 amide bonds. The second kappa shape index (κ2) is 8.09. The molecule has 0 fully saturated rings. The second-order valence-corrected chi connectivity index (χ2v) is 5.56. The summed E-state index contributed by atoms with van der Waals surface area (Å²) in [4.78, 5) is 46.8. The first kappa shape index (κ1) is 19.6. The Morgan fingerprint density at radius 2 is 1.78 bits per heavy atom. The fourth-order valence-electron chi connectivity index (χ4n) is 2.33. The molecule has 140 valence electrons. The van der Waals surface area contributed by atoms with E-state index in [9.17, 15) is 24.5 Å². The van der Waals surface area contributed by atoms with Gasteiger partial charge in [0.25, 0.3) is 11.6 Å². The molecule has 2 rings (SSSR count). The highest BCUT2D eigenvalue weighted by Crippen LogP contribution is 2.27. The average molecular weight is 371 g/mol. The number of hydrogen-bond acceptors (Lipinski definition) is 7. The van der Waals surface area contributed by atoms with E-state index in [4.69, 9.17) is 10.5 Å². The van der Waals surface area contributed by atoms with Crippen LogP contribution in [-0.4, -0.2) is 35.7 Å². The van der Waals surface area contributed by atoms with Gasteiger partial charge in [-0.15, -0.1) is 0 Å². The van der Waals surface area contributed by atoms with E-state index in [0.717, 1.165) is 6.07 Å². The van der Waals surface area contributed by atoms with Gasteiger partial charge in [0.05, 0.1) is 10.5 Å². The number of primary amides is 1. The SMILES string of the molecule is CNc1ccc(C(=O)c2ccccc2C(=O)O[C@@H](C)C(N)=O)cc1[N+](=O)[O-]. The van der Waals surface area contributed by atoms with E-state index in [1.165, 1.54) is 50.4 Å². The van der Waals surface area contributed by atoms with Crippen molar-refractivity contribution in [3.63, 3.8) is 0 Å². The molecule has 2 aromatic rings. The molecule has 0 saturated heterocycles. The van der Waals surface area contributed by atoms with Crippen LogP contribution >= 0.6 is 0 Å². The number of ether oxygens (including phenoxy) is 1. The monoisotopic (exact) mass is 371 g/mol. The largest absolute Gasteiger partial charge is 0.449 e. The van der Waals surface area contributed by atoms with Crippen LogP contribution in [0.15, 0.2) is 42.5 Å². The molecule has 0 heterocycles. The lowest BCUT2D eigenvalue weighted by atomic mass is 9.97. The van der Waals surface area contributed by atoms with Crippen LogP contribution in [0.5, 0.6) is 0 Å². The van der Waals surface area contributed by atoms with Crippen molar-refractivity contribution in [1.82, 2.24) is 0 Å². The van der Waals surface area contributed by atoms with Gasteiger partial charge in [0.1, 0.15) is 5.69 Å². The molecule has 2 aromatic carbocycles. The van der Waals surface area contributed by atoms with Crippen molar-refractivity contribution in [1.29, 1.82) is 0 Å². The predicted molar refractivity (Wildman–Crippen MR) is 96.6 cm³/mol. The summed E-state index contributed by atoms with van der Waals surface area (Å²) in [5.41, 5.74) is 5.00. The Labute approximate surface area is 154 Å². The van der Waals surface area contributed by atoms with Crippen LogP contribution < -0.4 is 11.1 Å². The van der Waals surface area contributed by atoms with Gasteiger partial charge in [-0.05, 0) is 25.1 Å². The molecule has 0 spiro atoms. The number of nitro benzene ring substituents is 1. The van der Waals surface area contributed by atoms with Crippen LogP contribution in [0.25, 0.3) is 0 Å². The molecule has 0 unspecified atom stereocenters. The highest BCUT2D eigenvalue weighted by atomic mass is 16.6. The zero-order chi connectivity index (χ0) is 20.1. The zero-order valence-electron chi connectivity index (χ0n) is 14.6. The van der Waals surface area contributed by atoms with Gasteiger partial charge in [0, 0.05) is 24.2 Å². The van der Waals surface area contributed by atoms with Crippen molar-refractivity contribution in [2.24, 2.45) is 5.73 Å². The third kappa shape index (κ3) is 4.27. The normalized spacial score (nSPS) is 11.3. The lowest BCUT2D eigenvalue weighted by Gasteiger charge is -2.12.